The van der Waals surface area contributed by atoms with Crippen molar-refractivity contribution < 1.29 is 18.0 Å². The maximum atomic E-state index is 12.8. The summed E-state index contributed by atoms with van der Waals surface area (Å²) < 4.78 is 38.3. The molecule has 21 heavy (non-hydrogen) atoms. The minimum atomic E-state index is -4.37. The normalized spacial score (nSPS) is 19.6. The lowest BCUT2D eigenvalue weighted by Crippen LogP contribution is -2.32. The Bertz CT molecular complexity index is 514. The Balaban J connectivity index is 2.21. The number of hydrogen-bond donors (Lipinski definition) is 1. The highest BCUT2D eigenvalue weighted by molar-refractivity contribution is 5.80. The minimum absolute atomic E-state index is 0.0712. The summed E-state index contributed by atoms with van der Waals surface area (Å²) >= 11 is 0. The van der Waals surface area contributed by atoms with Crippen LogP contribution in [0.15, 0.2) is 24.3 Å². The molecule has 0 aromatic heterocycles. The van der Waals surface area contributed by atoms with Gasteiger partial charge in [-0.2, -0.15) is 13.2 Å². The first kappa shape index (κ1) is 15.8. The molecule has 0 saturated carbocycles. The number of hydrogen-bond acceptors (Lipinski definition) is 2. The Kier molecular flexibility index (Phi) is 4.56. The average molecular weight is 300 g/mol. The third-order valence-electron chi connectivity index (χ3n) is 3.56. The summed E-state index contributed by atoms with van der Waals surface area (Å²) in [5.41, 5.74) is -0.218. The molecule has 1 saturated heterocycles. The molecule has 1 aliphatic heterocycles. The van der Waals surface area contributed by atoms with Gasteiger partial charge in [0, 0.05) is 6.54 Å². The Labute approximate surface area is 122 Å². The van der Waals surface area contributed by atoms with E-state index in [0.717, 1.165) is 18.6 Å². The highest BCUT2D eigenvalue weighted by Gasteiger charge is 2.34. The maximum Gasteiger partial charge on any atom is 0.416 e. The van der Waals surface area contributed by atoms with Crippen molar-refractivity contribution in [2.45, 2.75) is 32.6 Å². The van der Waals surface area contributed by atoms with Crippen molar-refractivity contribution in [2.75, 3.05) is 13.1 Å². The zero-order valence-electron chi connectivity index (χ0n) is 12.1. The molecular formula is C15H19F3N2O. The van der Waals surface area contributed by atoms with E-state index < -0.39 is 17.9 Å². The molecule has 3 nitrogen and oxygen atoms in total. The largest absolute Gasteiger partial charge is 0.416 e. The molecule has 0 bridgehead atoms. The molecule has 1 amide bonds. The predicted octanol–water partition coefficient (Wildman–Crippen LogP) is 3.18. The highest BCUT2D eigenvalue weighted by atomic mass is 19.4. The standard InChI is InChI=1S/C15H19F3N2O/c1-10(2)6-7-20-13(21)9-19-14(20)11-4-3-5-12(8-11)15(16,17)18/h3-5,8,10,14,19H,6-7,9H2,1-2H3. The quantitative estimate of drug-likeness (QED) is 0.926. The molecule has 1 N–H and O–H groups in total. The predicted molar refractivity (Wildman–Crippen MR) is 73.4 cm³/mol. The van der Waals surface area contributed by atoms with E-state index in [4.69, 9.17) is 0 Å². The van der Waals surface area contributed by atoms with E-state index in [1.54, 1.807) is 11.0 Å². The summed E-state index contributed by atoms with van der Waals surface area (Å²) in [5, 5.41) is 2.98. The molecule has 1 heterocycles. The molecule has 0 radical (unpaired) electrons. The first-order valence-electron chi connectivity index (χ1n) is 6.99. The van der Waals surface area contributed by atoms with Gasteiger partial charge in [0.2, 0.25) is 5.91 Å². The fourth-order valence-electron chi connectivity index (χ4n) is 2.37. The molecule has 1 aromatic carbocycles. The molecular weight excluding hydrogens is 281 g/mol. The van der Waals surface area contributed by atoms with Gasteiger partial charge in [-0.15, -0.1) is 0 Å². The Morgan fingerprint density at radius 3 is 2.71 bits per heavy atom. The lowest BCUT2D eigenvalue weighted by atomic mass is 10.1. The van der Waals surface area contributed by atoms with Gasteiger partial charge < -0.3 is 4.90 Å². The molecule has 6 heteroatoms. The fourth-order valence-corrected chi connectivity index (χ4v) is 2.37. The zero-order chi connectivity index (χ0) is 15.6. The number of carbonyl (C=O) groups excluding carboxylic acids is 1. The third-order valence-corrected chi connectivity index (χ3v) is 3.56. The molecule has 1 aromatic rings. The maximum absolute atomic E-state index is 12.8. The van der Waals surface area contributed by atoms with Gasteiger partial charge in [-0.1, -0.05) is 26.0 Å². The van der Waals surface area contributed by atoms with Crippen molar-refractivity contribution >= 4 is 5.91 Å². The number of nitrogens with one attached hydrogen (secondary N) is 1. The van der Waals surface area contributed by atoms with Crippen LogP contribution in [0.5, 0.6) is 0 Å². The van der Waals surface area contributed by atoms with E-state index in [-0.39, 0.29) is 12.5 Å². The monoisotopic (exact) mass is 300 g/mol. The Hall–Kier alpha value is -1.56. The van der Waals surface area contributed by atoms with Crippen molar-refractivity contribution in [1.29, 1.82) is 0 Å². The van der Waals surface area contributed by atoms with E-state index >= 15 is 0 Å². The number of halogens is 3. The molecule has 1 atom stereocenters. The van der Waals surface area contributed by atoms with Gasteiger partial charge in [0.25, 0.3) is 0 Å². The lowest BCUT2D eigenvalue weighted by molar-refractivity contribution is -0.137. The van der Waals surface area contributed by atoms with E-state index in [0.29, 0.717) is 18.0 Å². The molecule has 1 unspecified atom stereocenters. The summed E-state index contributed by atoms with van der Waals surface area (Å²) in [5.74, 6) is 0.360. The SMILES string of the molecule is CC(C)CCN1C(=O)CNC1c1cccc(C(F)(F)F)c1. The number of alkyl halides is 3. The number of nitrogens with zero attached hydrogens (tertiary/aromatic N) is 1. The van der Waals surface area contributed by atoms with Crippen LogP contribution in [0, 0.1) is 5.92 Å². The van der Waals surface area contributed by atoms with Crippen LogP contribution in [0.1, 0.15) is 37.6 Å². The first-order chi connectivity index (χ1) is 9.79. The summed E-state index contributed by atoms with van der Waals surface area (Å²) in [6.45, 7) is 4.81. The van der Waals surface area contributed by atoms with Gasteiger partial charge in [0.15, 0.2) is 0 Å². The van der Waals surface area contributed by atoms with E-state index in [2.05, 4.69) is 5.32 Å². The van der Waals surface area contributed by atoms with Crippen LogP contribution in [0.2, 0.25) is 0 Å². The zero-order valence-corrected chi connectivity index (χ0v) is 12.1. The summed E-state index contributed by atoms with van der Waals surface area (Å²) in [6, 6.07) is 5.15. The smallest absolute Gasteiger partial charge is 0.322 e. The highest BCUT2D eigenvalue weighted by Crippen LogP contribution is 2.32. The third kappa shape index (κ3) is 3.75. The lowest BCUT2D eigenvalue weighted by Gasteiger charge is -2.26. The van der Waals surface area contributed by atoms with Gasteiger partial charge in [-0.3, -0.25) is 10.1 Å². The average Bonchev–Trinajstić information content (AvgIpc) is 2.77. The van der Waals surface area contributed by atoms with Crippen LogP contribution in [0.4, 0.5) is 13.2 Å². The van der Waals surface area contributed by atoms with E-state index in [9.17, 15) is 18.0 Å². The second-order valence-corrected chi connectivity index (χ2v) is 5.68. The summed E-state index contributed by atoms with van der Waals surface area (Å²) in [7, 11) is 0. The van der Waals surface area contributed by atoms with Crippen LogP contribution in [-0.4, -0.2) is 23.9 Å². The van der Waals surface area contributed by atoms with E-state index in [1.807, 2.05) is 13.8 Å². The van der Waals surface area contributed by atoms with Crippen LogP contribution in [0.25, 0.3) is 0 Å². The number of carbonyl (C=O) groups is 1. The molecule has 0 aliphatic carbocycles. The molecule has 1 aliphatic rings. The van der Waals surface area contributed by atoms with Crippen molar-refractivity contribution in [3.05, 3.63) is 35.4 Å². The minimum Gasteiger partial charge on any atom is -0.322 e. The Morgan fingerprint density at radius 2 is 2.10 bits per heavy atom. The van der Waals surface area contributed by atoms with Gasteiger partial charge >= 0.3 is 6.18 Å². The van der Waals surface area contributed by atoms with Crippen LogP contribution < -0.4 is 5.32 Å². The van der Waals surface area contributed by atoms with Crippen LogP contribution in [0.3, 0.4) is 0 Å². The first-order valence-corrected chi connectivity index (χ1v) is 6.99. The molecule has 116 valence electrons. The second-order valence-electron chi connectivity index (χ2n) is 5.68. The number of benzene rings is 1. The fraction of sp³-hybridized carbons (Fsp3) is 0.533. The van der Waals surface area contributed by atoms with Gasteiger partial charge in [0.1, 0.15) is 6.17 Å². The van der Waals surface area contributed by atoms with Gasteiger partial charge in [-0.25, -0.2) is 0 Å². The summed E-state index contributed by atoms with van der Waals surface area (Å²) in [4.78, 5) is 13.5. The summed E-state index contributed by atoms with van der Waals surface area (Å²) in [6.07, 6.45) is -4.02. The van der Waals surface area contributed by atoms with Crippen molar-refractivity contribution in [3.63, 3.8) is 0 Å². The Morgan fingerprint density at radius 1 is 1.38 bits per heavy atom. The molecule has 1 fully saturated rings. The van der Waals surface area contributed by atoms with E-state index in [1.165, 1.54) is 6.07 Å². The molecule has 2 rings (SSSR count). The van der Waals surface area contributed by atoms with Crippen molar-refractivity contribution in [3.8, 4) is 0 Å². The second kappa shape index (κ2) is 6.05. The van der Waals surface area contributed by atoms with Gasteiger partial charge in [0.05, 0.1) is 12.1 Å². The number of rotatable bonds is 4. The van der Waals surface area contributed by atoms with Crippen LogP contribution in [-0.2, 0) is 11.0 Å². The topological polar surface area (TPSA) is 32.3 Å². The van der Waals surface area contributed by atoms with Crippen molar-refractivity contribution in [2.24, 2.45) is 5.92 Å². The number of amides is 1. The van der Waals surface area contributed by atoms with Crippen molar-refractivity contribution in [1.82, 2.24) is 10.2 Å². The molecule has 0 spiro atoms. The van der Waals surface area contributed by atoms with Gasteiger partial charge in [-0.05, 0) is 30.0 Å². The van der Waals surface area contributed by atoms with Crippen LogP contribution >= 0.6 is 0 Å².